The number of ether oxygens (including phenoxy) is 1. The summed E-state index contributed by atoms with van der Waals surface area (Å²) in [5.41, 5.74) is 2.00. The standard InChI is InChI=1S/C15H16BrNO3S/c1-10-11(2)15(8-7-14(10)20-3)21(18,19)17-13-6-4-5-12(16)9-13/h4-9,17H,1-3H3. The van der Waals surface area contributed by atoms with Gasteiger partial charge in [0.1, 0.15) is 5.75 Å². The zero-order chi connectivity index (χ0) is 15.6. The van der Waals surface area contributed by atoms with Crippen LogP contribution in [0.1, 0.15) is 11.1 Å². The number of anilines is 1. The Morgan fingerprint density at radius 2 is 1.81 bits per heavy atom. The molecule has 0 saturated carbocycles. The van der Waals surface area contributed by atoms with Crippen molar-refractivity contribution in [1.82, 2.24) is 0 Å². The van der Waals surface area contributed by atoms with Crippen LogP contribution >= 0.6 is 15.9 Å². The molecular formula is C15H16BrNO3S. The van der Waals surface area contributed by atoms with E-state index >= 15 is 0 Å². The lowest BCUT2D eigenvalue weighted by atomic mass is 10.1. The van der Waals surface area contributed by atoms with E-state index in [0.29, 0.717) is 17.0 Å². The third-order valence-electron chi connectivity index (χ3n) is 3.27. The zero-order valence-electron chi connectivity index (χ0n) is 12.0. The SMILES string of the molecule is COc1ccc(S(=O)(=O)Nc2cccc(Br)c2)c(C)c1C. The Bertz CT molecular complexity index is 772. The van der Waals surface area contributed by atoms with E-state index in [-0.39, 0.29) is 4.90 Å². The Morgan fingerprint density at radius 1 is 1.10 bits per heavy atom. The van der Waals surface area contributed by atoms with Gasteiger partial charge >= 0.3 is 0 Å². The maximum atomic E-state index is 12.5. The maximum absolute atomic E-state index is 12.5. The molecule has 21 heavy (non-hydrogen) atoms. The van der Waals surface area contributed by atoms with Crippen molar-refractivity contribution in [3.05, 3.63) is 52.0 Å². The molecule has 0 atom stereocenters. The first kappa shape index (κ1) is 15.9. The smallest absolute Gasteiger partial charge is 0.262 e. The van der Waals surface area contributed by atoms with Crippen LogP contribution in [0, 0.1) is 13.8 Å². The van der Waals surface area contributed by atoms with Gasteiger partial charge < -0.3 is 4.74 Å². The summed E-state index contributed by atoms with van der Waals surface area (Å²) in [7, 11) is -2.07. The Hall–Kier alpha value is -1.53. The lowest BCUT2D eigenvalue weighted by molar-refractivity contribution is 0.411. The summed E-state index contributed by atoms with van der Waals surface area (Å²) in [6, 6.07) is 10.2. The quantitative estimate of drug-likeness (QED) is 0.889. The van der Waals surface area contributed by atoms with Gasteiger partial charge in [-0.05, 0) is 55.3 Å². The molecule has 0 radical (unpaired) electrons. The van der Waals surface area contributed by atoms with Gasteiger partial charge in [-0.15, -0.1) is 0 Å². The Labute approximate surface area is 133 Å². The molecule has 112 valence electrons. The summed E-state index contributed by atoms with van der Waals surface area (Å²) in [5, 5.41) is 0. The van der Waals surface area contributed by atoms with Gasteiger partial charge in [0, 0.05) is 10.2 Å². The highest BCUT2D eigenvalue weighted by molar-refractivity contribution is 9.10. The molecule has 0 spiro atoms. The molecule has 0 unspecified atom stereocenters. The van der Waals surface area contributed by atoms with Crippen molar-refractivity contribution < 1.29 is 13.2 Å². The van der Waals surface area contributed by atoms with Crippen LogP contribution in [0.15, 0.2) is 45.8 Å². The van der Waals surface area contributed by atoms with Crippen molar-refractivity contribution in [3.8, 4) is 5.75 Å². The molecule has 0 aromatic heterocycles. The van der Waals surface area contributed by atoms with E-state index in [4.69, 9.17) is 4.74 Å². The number of hydrogen-bond acceptors (Lipinski definition) is 3. The number of rotatable bonds is 4. The fourth-order valence-electron chi connectivity index (χ4n) is 2.05. The number of halogens is 1. The van der Waals surface area contributed by atoms with E-state index in [1.807, 2.05) is 13.0 Å². The summed E-state index contributed by atoms with van der Waals surface area (Å²) in [4.78, 5) is 0.251. The number of sulfonamides is 1. The second-order valence-corrected chi connectivity index (χ2v) is 7.20. The molecule has 0 bridgehead atoms. The molecular weight excluding hydrogens is 354 g/mol. The van der Waals surface area contributed by atoms with Gasteiger partial charge in [-0.25, -0.2) is 8.42 Å². The molecule has 6 heteroatoms. The zero-order valence-corrected chi connectivity index (χ0v) is 14.4. The summed E-state index contributed by atoms with van der Waals surface area (Å²) in [5.74, 6) is 0.675. The Kier molecular flexibility index (Phi) is 4.58. The van der Waals surface area contributed by atoms with Gasteiger partial charge in [-0.3, -0.25) is 4.72 Å². The van der Waals surface area contributed by atoms with Crippen LogP contribution in [-0.2, 0) is 10.0 Å². The second-order valence-electron chi connectivity index (χ2n) is 4.63. The highest BCUT2D eigenvalue weighted by Gasteiger charge is 2.19. The van der Waals surface area contributed by atoms with Crippen LogP contribution < -0.4 is 9.46 Å². The molecule has 4 nitrogen and oxygen atoms in total. The van der Waals surface area contributed by atoms with Gasteiger partial charge in [0.05, 0.1) is 12.0 Å². The lowest BCUT2D eigenvalue weighted by Crippen LogP contribution is -2.15. The van der Waals surface area contributed by atoms with Crippen molar-refractivity contribution >= 4 is 31.6 Å². The third kappa shape index (κ3) is 3.39. The Balaban J connectivity index is 2.43. The summed E-state index contributed by atoms with van der Waals surface area (Å²) < 4.78 is 33.6. The largest absolute Gasteiger partial charge is 0.496 e. The number of hydrogen-bond donors (Lipinski definition) is 1. The van der Waals surface area contributed by atoms with Gasteiger partial charge in [-0.1, -0.05) is 22.0 Å². The Morgan fingerprint density at radius 3 is 2.43 bits per heavy atom. The fraction of sp³-hybridized carbons (Fsp3) is 0.200. The molecule has 2 rings (SSSR count). The minimum absolute atomic E-state index is 0.251. The van der Waals surface area contributed by atoms with E-state index in [9.17, 15) is 8.42 Å². The van der Waals surface area contributed by atoms with E-state index in [0.717, 1.165) is 10.0 Å². The fourth-order valence-corrected chi connectivity index (χ4v) is 3.80. The highest BCUT2D eigenvalue weighted by atomic mass is 79.9. The van der Waals surface area contributed by atoms with Crippen LogP contribution in [0.4, 0.5) is 5.69 Å². The maximum Gasteiger partial charge on any atom is 0.262 e. The number of methoxy groups -OCH3 is 1. The van der Waals surface area contributed by atoms with Gasteiger partial charge in [-0.2, -0.15) is 0 Å². The van der Waals surface area contributed by atoms with Crippen molar-refractivity contribution in [2.24, 2.45) is 0 Å². The topological polar surface area (TPSA) is 55.4 Å². The molecule has 0 saturated heterocycles. The molecule has 0 fully saturated rings. The van der Waals surface area contributed by atoms with Crippen molar-refractivity contribution in [2.75, 3.05) is 11.8 Å². The summed E-state index contributed by atoms with van der Waals surface area (Å²) in [6.07, 6.45) is 0. The van der Waals surface area contributed by atoms with Crippen molar-refractivity contribution in [2.45, 2.75) is 18.7 Å². The third-order valence-corrected chi connectivity index (χ3v) is 5.29. The minimum atomic E-state index is -3.63. The predicted molar refractivity (Wildman–Crippen MR) is 87.4 cm³/mol. The van der Waals surface area contributed by atoms with E-state index < -0.39 is 10.0 Å². The molecule has 0 amide bonds. The molecule has 1 N–H and O–H groups in total. The van der Waals surface area contributed by atoms with E-state index in [1.165, 1.54) is 0 Å². The first-order valence-electron chi connectivity index (χ1n) is 6.27. The van der Waals surface area contributed by atoms with E-state index in [1.54, 1.807) is 44.4 Å². The van der Waals surface area contributed by atoms with Crippen LogP contribution in [0.25, 0.3) is 0 Å². The first-order chi connectivity index (χ1) is 9.85. The molecule has 0 aliphatic rings. The molecule has 2 aromatic carbocycles. The summed E-state index contributed by atoms with van der Waals surface area (Å²) >= 11 is 3.32. The first-order valence-corrected chi connectivity index (χ1v) is 8.55. The summed E-state index contributed by atoms with van der Waals surface area (Å²) in [6.45, 7) is 3.61. The minimum Gasteiger partial charge on any atom is -0.496 e. The van der Waals surface area contributed by atoms with Crippen molar-refractivity contribution in [3.63, 3.8) is 0 Å². The molecule has 0 heterocycles. The normalized spacial score (nSPS) is 11.2. The van der Waals surface area contributed by atoms with E-state index in [2.05, 4.69) is 20.7 Å². The van der Waals surface area contributed by atoms with Crippen LogP contribution in [-0.4, -0.2) is 15.5 Å². The average Bonchev–Trinajstić information content (AvgIpc) is 2.41. The van der Waals surface area contributed by atoms with Crippen molar-refractivity contribution in [1.29, 1.82) is 0 Å². The van der Waals surface area contributed by atoms with Gasteiger partial charge in [0.2, 0.25) is 0 Å². The monoisotopic (exact) mass is 369 g/mol. The highest BCUT2D eigenvalue weighted by Crippen LogP contribution is 2.28. The van der Waals surface area contributed by atoms with Gasteiger partial charge in [0.15, 0.2) is 0 Å². The van der Waals surface area contributed by atoms with Gasteiger partial charge in [0.25, 0.3) is 10.0 Å². The molecule has 2 aromatic rings. The lowest BCUT2D eigenvalue weighted by Gasteiger charge is -2.14. The average molecular weight is 370 g/mol. The number of nitrogens with one attached hydrogen (secondary N) is 1. The molecule has 0 aliphatic carbocycles. The predicted octanol–water partition coefficient (Wildman–Crippen LogP) is 3.88. The van der Waals surface area contributed by atoms with Crippen LogP contribution in [0.5, 0.6) is 5.75 Å². The number of benzene rings is 2. The van der Waals surface area contributed by atoms with Crippen LogP contribution in [0.2, 0.25) is 0 Å². The van der Waals surface area contributed by atoms with Crippen LogP contribution in [0.3, 0.4) is 0 Å². The second kappa shape index (κ2) is 6.07. The molecule has 0 aliphatic heterocycles.